The highest BCUT2D eigenvalue weighted by Crippen LogP contribution is 2.36. The van der Waals surface area contributed by atoms with E-state index in [9.17, 15) is 4.79 Å². The maximum absolute atomic E-state index is 11.5. The fraction of sp³-hybridized carbons (Fsp3) is 0.667. The van der Waals surface area contributed by atoms with Crippen molar-refractivity contribution in [3.8, 4) is 0 Å². The van der Waals surface area contributed by atoms with Crippen LogP contribution >= 0.6 is 0 Å². The summed E-state index contributed by atoms with van der Waals surface area (Å²) in [6.07, 6.45) is 4.46. The Hall–Kier alpha value is -1.52. The third-order valence-electron chi connectivity index (χ3n) is 2.60. The smallest absolute Gasteiger partial charge is 0.414 e. The van der Waals surface area contributed by atoms with Gasteiger partial charge in [-0.2, -0.15) is 0 Å². The number of nitrogens with one attached hydrogen (secondary N) is 1. The summed E-state index contributed by atoms with van der Waals surface area (Å²) in [7, 11) is 0. The van der Waals surface area contributed by atoms with Gasteiger partial charge in [-0.25, -0.2) is 9.78 Å². The number of rotatable bonds is 2. The normalized spacial score (nSPS) is 16.4. The average Bonchev–Trinajstić information content (AvgIpc) is 2.45. The van der Waals surface area contributed by atoms with Crippen molar-refractivity contribution >= 4 is 12.0 Å². The van der Waals surface area contributed by atoms with Crippen molar-refractivity contribution < 1.29 is 13.9 Å². The van der Waals surface area contributed by atoms with Crippen molar-refractivity contribution in [3.63, 3.8) is 0 Å². The van der Waals surface area contributed by atoms with E-state index >= 15 is 0 Å². The van der Waals surface area contributed by atoms with Gasteiger partial charge in [0.05, 0.1) is 6.20 Å². The number of aromatic nitrogens is 1. The Balaban J connectivity index is 1.90. The molecule has 1 aromatic heterocycles. The summed E-state index contributed by atoms with van der Waals surface area (Å²) in [5, 5.41) is 2.53. The van der Waals surface area contributed by atoms with Gasteiger partial charge in [-0.3, -0.25) is 5.32 Å². The molecule has 0 saturated heterocycles. The van der Waals surface area contributed by atoms with E-state index in [2.05, 4.69) is 10.3 Å². The standard InChI is InChI=1S/C12H18N2O3/c1-12(2,3)17-11(15)14-9-7-13-10(16-9)8-5-4-6-8/h7-8H,4-6H2,1-3H3,(H,14,15). The summed E-state index contributed by atoms with van der Waals surface area (Å²) in [6.45, 7) is 5.44. The number of anilines is 1. The molecule has 0 aliphatic heterocycles. The Labute approximate surface area is 101 Å². The summed E-state index contributed by atoms with van der Waals surface area (Å²) in [5.74, 6) is 1.48. The molecule has 0 spiro atoms. The molecule has 1 aliphatic rings. The first-order chi connectivity index (χ1) is 7.94. The van der Waals surface area contributed by atoms with E-state index in [1.807, 2.05) is 20.8 Å². The fourth-order valence-electron chi connectivity index (χ4n) is 1.59. The third kappa shape index (κ3) is 3.22. The lowest BCUT2D eigenvalue weighted by Gasteiger charge is -2.21. The van der Waals surface area contributed by atoms with Crippen molar-refractivity contribution in [3.05, 3.63) is 12.1 Å². The SMILES string of the molecule is CC(C)(C)OC(=O)Nc1cnc(C2CCC2)o1. The van der Waals surface area contributed by atoms with Crippen molar-refractivity contribution in [2.75, 3.05) is 5.32 Å². The van der Waals surface area contributed by atoms with E-state index in [1.54, 1.807) is 0 Å². The largest absolute Gasteiger partial charge is 0.444 e. The number of nitrogens with zero attached hydrogens (tertiary/aromatic N) is 1. The van der Waals surface area contributed by atoms with Crippen molar-refractivity contribution in [2.24, 2.45) is 0 Å². The van der Waals surface area contributed by atoms with E-state index in [1.165, 1.54) is 12.6 Å². The highest BCUT2D eigenvalue weighted by atomic mass is 16.6. The van der Waals surface area contributed by atoms with Gasteiger partial charge in [0.25, 0.3) is 0 Å². The predicted molar refractivity (Wildman–Crippen MR) is 63.0 cm³/mol. The highest BCUT2D eigenvalue weighted by molar-refractivity contribution is 5.82. The number of oxazole rings is 1. The summed E-state index contributed by atoms with van der Waals surface area (Å²) < 4.78 is 10.6. The van der Waals surface area contributed by atoms with Crippen LogP contribution in [0.3, 0.4) is 0 Å². The molecule has 1 amide bonds. The maximum atomic E-state index is 11.5. The van der Waals surface area contributed by atoms with Gasteiger partial charge >= 0.3 is 6.09 Å². The van der Waals surface area contributed by atoms with Gasteiger partial charge in [-0.15, -0.1) is 0 Å². The number of carbonyl (C=O) groups excluding carboxylic acids is 1. The van der Waals surface area contributed by atoms with Crippen LogP contribution in [0.15, 0.2) is 10.6 Å². The van der Waals surface area contributed by atoms with Crippen LogP contribution in [-0.4, -0.2) is 16.7 Å². The Morgan fingerprint density at radius 2 is 2.24 bits per heavy atom. The van der Waals surface area contributed by atoms with Gasteiger partial charge in [-0.1, -0.05) is 6.42 Å². The zero-order valence-corrected chi connectivity index (χ0v) is 10.4. The van der Waals surface area contributed by atoms with Crippen LogP contribution in [0.1, 0.15) is 51.8 Å². The Morgan fingerprint density at radius 1 is 1.53 bits per heavy atom. The first kappa shape index (κ1) is 12.0. The van der Waals surface area contributed by atoms with Crippen LogP contribution in [0, 0.1) is 0 Å². The Kier molecular flexibility index (Phi) is 3.09. The molecule has 2 rings (SSSR count). The molecule has 1 fully saturated rings. The minimum Gasteiger partial charge on any atom is -0.444 e. The topological polar surface area (TPSA) is 64.4 Å². The molecule has 1 aliphatic carbocycles. The molecule has 1 aromatic rings. The van der Waals surface area contributed by atoms with Crippen molar-refractivity contribution in [2.45, 2.75) is 51.6 Å². The average molecular weight is 238 g/mol. The molecule has 1 N–H and O–H groups in total. The van der Waals surface area contributed by atoms with E-state index in [0.29, 0.717) is 17.7 Å². The summed E-state index contributed by atoms with van der Waals surface area (Å²) in [5.41, 5.74) is -0.513. The third-order valence-corrected chi connectivity index (χ3v) is 2.60. The molecule has 5 nitrogen and oxygen atoms in total. The minimum absolute atomic E-state index is 0.348. The van der Waals surface area contributed by atoms with E-state index in [4.69, 9.17) is 9.15 Å². The molecule has 94 valence electrons. The second-order valence-electron chi connectivity index (χ2n) is 5.32. The monoisotopic (exact) mass is 238 g/mol. The Bertz CT molecular complexity index is 402. The molecule has 5 heteroatoms. The second-order valence-corrected chi connectivity index (χ2v) is 5.32. The molecular formula is C12H18N2O3. The Morgan fingerprint density at radius 3 is 2.76 bits per heavy atom. The summed E-state index contributed by atoms with van der Waals surface area (Å²) >= 11 is 0. The van der Waals surface area contributed by atoms with Crippen LogP contribution in [0.25, 0.3) is 0 Å². The van der Waals surface area contributed by atoms with Crippen LogP contribution < -0.4 is 5.32 Å². The molecule has 0 unspecified atom stereocenters. The molecule has 1 heterocycles. The highest BCUT2D eigenvalue weighted by Gasteiger charge is 2.25. The number of hydrogen-bond donors (Lipinski definition) is 1. The molecule has 1 saturated carbocycles. The van der Waals surface area contributed by atoms with Gasteiger partial charge in [0.15, 0.2) is 5.89 Å². The zero-order chi connectivity index (χ0) is 12.5. The predicted octanol–water partition coefficient (Wildman–Crippen LogP) is 3.29. The first-order valence-electron chi connectivity index (χ1n) is 5.90. The lowest BCUT2D eigenvalue weighted by molar-refractivity contribution is 0.0632. The number of carbonyl (C=O) groups is 1. The van der Waals surface area contributed by atoms with Crippen molar-refractivity contribution in [1.82, 2.24) is 4.98 Å². The van der Waals surface area contributed by atoms with Gasteiger partial charge in [-0.05, 0) is 33.6 Å². The van der Waals surface area contributed by atoms with Crippen LogP contribution in [0.4, 0.5) is 10.7 Å². The second kappa shape index (κ2) is 4.39. The first-order valence-corrected chi connectivity index (χ1v) is 5.90. The number of hydrogen-bond acceptors (Lipinski definition) is 4. The quantitative estimate of drug-likeness (QED) is 0.858. The molecular weight excluding hydrogens is 220 g/mol. The summed E-state index contributed by atoms with van der Waals surface area (Å²) in [4.78, 5) is 15.6. The molecule has 0 bridgehead atoms. The van der Waals surface area contributed by atoms with Crippen molar-refractivity contribution in [1.29, 1.82) is 0 Å². The lowest BCUT2D eigenvalue weighted by atomic mass is 9.85. The molecule has 17 heavy (non-hydrogen) atoms. The minimum atomic E-state index is -0.520. The van der Waals surface area contributed by atoms with Gasteiger partial charge in [0.1, 0.15) is 5.60 Å². The molecule has 0 atom stereocenters. The van der Waals surface area contributed by atoms with E-state index < -0.39 is 11.7 Å². The fourth-order valence-corrected chi connectivity index (χ4v) is 1.59. The van der Waals surface area contributed by atoms with Gasteiger partial charge < -0.3 is 9.15 Å². The lowest BCUT2D eigenvalue weighted by Crippen LogP contribution is -2.27. The number of ether oxygens (including phenoxy) is 1. The number of amides is 1. The maximum Gasteiger partial charge on any atom is 0.414 e. The van der Waals surface area contributed by atoms with Gasteiger partial charge in [0.2, 0.25) is 5.88 Å². The van der Waals surface area contributed by atoms with Crippen LogP contribution in [0.5, 0.6) is 0 Å². The van der Waals surface area contributed by atoms with E-state index in [-0.39, 0.29) is 0 Å². The van der Waals surface area contributed by atoms with Crippen LogP contribution in [-0.2, 0) is 4.74 Å². The van der Waals surface area contributed by atoms with Crippen LogP contribution in [0.2, 0.25) is 0 Å². The zero-order valence-electron chi connectivity index (χ0n) is 10.4. The molecule has 0 aromatic carbocycles. The van der Waals surface area contributed by atoms with E-state index in [0.717, 1.165) is 12.8 Å². The van der Waals surface area contributed by atoms with Gasteiger partial charge in [0, 0.05) is 5.92 Å². The summed E-state index contributed by atoms with van der Waals surface area (Å²) in [6, 6.07) is 0. The molecule has 0 radical (unpaired) electrons.